The van der Waals surface area contributed by atoms with Gasteiger partial charge in [0.2, 0.25) is 0 Å². The Balaban J connectivity index is 2.02. The second-order valence-corrected chi connectivity index (χ2v) is 6.71. The van der Waals surface area contributed by atoms with Crippen LogP contribution in [0.25, 0.3) is 0 Å². The van der Waals surface area contributed by atoms with Crippen molar-refractivity contribution in [1.82, 2.24) is 0 Å². The summed E-state index contributed by atoms with van der Waals surface area (Å²) in [5.41, 5.74) is 7.16. The number of anilines is 2. The Bertz CT molecular complexity index is 462. The molecule has 21 heavy (non-hydrogen) atoms. The summed E-state index contributed by atoms with van der Waals surface area (Å²) >= 11 is 1.95. The van der Waals surface area contributed by atoms with Crippen LogP contribution in [0.4, 0.5) is 15.8 Å². The lowest BCUT2D eigenvalue weighted by atomic mass is 9.94. The van der Waals surface area contributed by atoms with E-state index in [-0.39, 0.29) is 5.75 Å². The summed E-state index contributed by atoms with van der Waals surface area (Å²) in [6.45, 7) is 2.51. The molecule has 3 nitrogen and oxygen atoms in total. The SMILES string of the molecule is CCCOc1cc(NC2CCC(SC)CC2)c(N)cc1F. The number of halogens is 1. The summed E-state index contributed by atoms with van der Waals surface area (Å²) in [4.78, 5) is 0. The monoisotopic (exact) mass is 312 g/mol. The van der Waals surface area contributed by atoms with E-state index in [2.05, 4.69) is 11.6 Å². The number of benzene rings is 1. The van der Waals surface area contributed by atoms with Crippen molar-refractivity contribution in [3.63, 3.8) is 0 Å². The van der Waals surface area contributed by atoms with Crippen LogP contribution in [0.15, 0.2) is 12.1 Å². The summed E-state index contributed by atoms with van der Waals surface area (Å²) in [7, 11) is 0. The smallest absolute Gasteiger partial charge is 0.167 e. The molecule has 1 fully saturated rings. The Morgan fingerprint density at radius 1 is 1.33 bits per heavy atom. The lowest BCUT2D eigenvalue weighted by Gasteiger charge is -2.29. The Kier molecular flexibility index (Phi) is 6.03. The predicted molar refractivity (Wildman–Crippen MR) is 89.8 cm³/mol. The van der Waals surface area contributed by atoms with E-state index in [9.17, 15) is 4.39 Å². The normalized spacial score (nSPS) is 22.0. The first-order valence-corrected chi connectivity index (χ1v) is 8.94. The molecule has 0 unspecified atom stereocenters. The molecule has 1 aliphatic rings. The van der Waals surface area contributed by atoms with Gasteiger partial charge in [0, 0.05) is 23.4 Å². The van der Waals surface area contributed by atoms with Crippen molar-refractivity contribution in [2.75, 3.05) is 23.9 Å². The third kappa shape index (κ3) is 4.43. The molecule has 5 heteroatoms. The highest BCUT2D eigenvalue weighted by molar-refractivity contribution is 7.99. The highest BCUT2D eigenvalue weighted by atomic mass is 32.2. The highest BCUT2D eigenvalue weighted by Gasteiger charge is 2.21. The molecule has 1 saturated carbocycles. The van der Waals surface area contributed by atoms with E-state index in [1.54, 1.807) is 6.07 Å². The minimum Gasteiger partial charge on any atom is -0.490 e. The maximum absolute atomic E-state index is 13.8. The van der Waals surface area contributed by atoms with E-state index >= 15 is 0 Å². The molecule has 0 amide bonds. The van der Waals surface area contributed by atoms with E-state index in [4.69, 9.17) is 10.5 Å². The van der Waals surface area contributed by atoms with E-state index in [1.165, 1.54) is 18.9 Å². The van der Waals surface area contributed by atoms with Crippen molar-refractivity contribution in [3.05, 3.63) is 17.9 Å². The Hall–Kier alpha value is -1.10. The quantitative estimate of drug-likeness (QED) is 0.770. The summed E-state index contributed by atoms with van der Waals surface area (Å²) < 4.78 is 19.2. The maximum Gasteiger partial charge on any atom is 0.167 e. The first-order chi connectivity index (χ1) is 10.1. The van der Waals surface area contributed by atoms with Gasteiger partial charge in [0.1, 0.15) is 0 Å². The number of hydrogen-bond acceptors (Lipinski definition) is 4. The third-order valence-electron chi connectivity index (χ3n) is 3.93. The number of thioether (sulfide) groups is 1. The van der Waals surface area contributed by atoms with Gasteiger partial charge in [-0.3, -0.25) is 0 Å². The van der Waals surface area contributed by atoms with E-state index in [0.717, 1.165) is 30.2 Å². The molecule has 0 bridgehead atoms. The molecule has 0 atom stereocenters. The number of ether oxygens (including phenoxy) is 1. The minimum absolute atomic E-state index is 0.284. The van der Waals surface area contributed by atoms with Crippen molar-refractivity contribution in [2.45, 2.75) is 50.3 Å². The summed E-state index contributed by atoms with van der Waals surface area (Å²) in [6.07, 6.45) is 7.73. The summed E-state index contributed by atoms with van der Waals surface area (Å²) in [6, 6.07) is 3.46. The summed E-state index contributed by atoms with van der Waals surface area (Å²) in [5, 5.41) is 4.23. The first-order valence-electron chi connectivity index (χ1n) is 7.65. The molecule has 2 rings (SSSR count). The molecular formula is C16H25FN2OS. The van der Waals surface area contributed by atoms with Crippen molar-refractivity contribution in [3.8, 4) is 5.75 Å². The number of nitrogens with one attached hydrogen (secondary N) is 1. The van der Waals surface area contributed by atoms with Gasteiger partial charge in [-0.1, -0.05) is 6.92 Å². The molecular weight excluding hydrogens is 287 g/mol. The zero-order valence-electron chi connectivity index (χ0n) is 12.8. The van der Waals surface area contributed by atoms with Crippen LogP contribution in [0.5, 0.6) is 5.75 Å². The number of rotatable bonds is 6. The molecule has 0 spiro atoms. The van der Waals surface area contributed by atoms with Gasteiger partial charge >= 0.3 is 0 Å². The fourth-order valence-electron chi connectivity index (χ4n) is 2.68. The van der Waals surface area contributed by atoms with Crippen LogP contribution in [0.1, 0.15) is 39.0 Å². The van der Waals surface area contributed by atoms with Gasteiger partial charge in [0.05, 0.1) is 18.0 Å². The van der Waals surface area contributed by atoms with Crippen molar-refractivity contribution >= 4 is 23.1 Å². The zero-order valence-corrected chi connectivity index (χ0v) is 13.6. The van der Waals surface area contributed by atoms with Crippen LogP contribution in [-0.4, -0.2) is 24.2 Å². The van der Waals surface area contributed by atoms with Gasteiger partial charge in [-0.25, -0.2) is 4.39 Å². The van der Waals surface area contributed by atoms with Crippen LogP contribution in [0.2, 0.25) is 0 Å². The van der Waals surface area contributed by atoms with E-state index in [0.29, 0.717) is 18.3 Å². The zero-order chi connectivity index (χ0) is 15.2. The molecule has 0 radical (unpaired) electrons. The van der Waals surface area contributed by atoms with Crippen LogP contribution in [-0.2, 0) is 0 Å². The predicted octanol–water partition coefficient (Wildman–Crippen LogP) is 4.28. The fourth-order valence-corrected chi connectivity index (χ4v) is 3.42. The van der Waals surface area contributed by atoms with Gasteiger partial charge in [-0.2, -0.15) is 11.8 Å². The van der Waals surface area contributed by atoms with Gasteiger partial charge < -0.3 is 15.8 Å². The van der Waals surface area contributed by atoms with Crippen molar-refractivity contribution in [2.24, 2.45) is 0 Å². The number of nitrogen functional groups attached to an aromatic ring is 1. The Morgan fingerprint density at radius 2 is 2.05 bits per heavy atom. The maximum atomic E-state index is 13.8. The van der Waals surface area contributed by atoms with Gasteiger partial charge in [0.15, 0.2) is 11.6 Å². The van der Waals surface area contributed by atoms with Gasteiger partial charge in [0.25, 0.3) is 0 Å². The second kappa shape index (κ2) is 7.78. The van der Waals surface area contributed by atoms with E-state index in [1.807, 2.05) is 18.7 Å². The van der Waals surface area contributed by atoms with Crippen molar-refractivity contribution < 1.29 is 9.13 Å². The molecule has 0 aliphatic heterocycles. The largest absolute Gasteiger partial charge is 0.490 e. The number of hydrogen-bond donors (Lipinski definition) is 2. The average Bonchev–Trinajstić information content (AvgIpc) is 2.49. The third-order valence-corrected chi connectivity index (χ3v) is 5.07. The average molecular weight is 312 g/mol. The van der Waals surface area contributed by atoms with Gasteiger partial charge in [-0.05, 0) is 38.4 Å². The van der Waals surface area contributed by atoms with Crippen LogP contribution in [0, 0.1) is 5.82 Å². The Labute approximate surface area is 130 Å². The molecule has 0 aromatic heterocycles. The minimum atomic E-state index is -0.391. The van der Waals surface area contributed by atoms with Crippen molar-refractivity contribution in [1.29, 1.82) is 0 Å². The lowest BCUT2D eigenvalue weighted by Crippen LogP contribution is -2.27. The summed E-state index contributed by atoms with van der Waals surface area (Å²) in [5.74, 6) is -0.107. The molecule has 0 saturated heterocycles. The topological polar surface area (TPSA) is 47.3 Å². The molecule has 1 aromatic carbocycles. The molecule has 118 valence electrons. The van der Waals surface area contributed by atoms with Crippen LogP contribution in [0.3, 0.4) is 0 Å². The molecule has 1 aromatic rings. The highest BCUT2D eigenvalue weighted by Crippen LogP contribution is 2.33. The van der Waals surface area contributed by atoms with Gasteiger partial charge in [-0.15, -0.1) is 0 Å². The number of nitrogens with two attached hydrogens (primary N) is 1. The molecule has 3 N–H and O–H groups in total. The fraction of sp³-hybridized carbons (Fsp3) is 0.625. The Morgan fingerprint density at radius 3 is 2.67 bits per heavy atom. The molecule has 0 heterocycles. The second-order valence-electron chi connectivity index (χ2n) is 5.57. The van der Waals surface area contributed by atoms with E-state index < -0.39 is 5.82 Å². The lowest BCUT2D eigenvalue weighted by molar-refractivity contribution is 0.301. The molecule has 1 aliphatic carbocycles. The first kappa shape index (κ1) is 16.3. The van der Waals surface area contributed by atoms with Crippen LogP contribution < -0.4 is 15.8 Å². The standard InChI is InChI=1S/C16H25FN2OS/c1-3-8-20-16-10-15(14(18)9-13(16)17)19-11-4-6-12(21-2)7-5-11/h9-12,19H,3-8,18H2,1-2H3. The van der Waals surface area contributed by atoms with Crippen LogP contribution >= 0.6 is 11.8 Å².